The molecule has 1 unspecified atom stereocenters. The highest BCUT2D eigenvalue weighted by atomic mass is 16.5. The van der Waals surface area contributed by atoms with Crippen LogP contribution in [-0.2, 0) is 6.42 Å². The zero-order valence-corrected chi connectivity index (χ0v) is 14.5. The van der Waals surface area contributed by atoms with Crippen molar-refractivity contribution in [3.63, 3.8) is 0 Å². The number of benzene rings is 2. The highest BCUT2D eigenvalue weighted by Gasteiger charge is 2.25. The highest BCUT2D eigenvalue weighted by molar-refractivity contribution is 5.31. The third kappa shape index (κ3) is 4.16. The zero-order valence-electron chi connectivity index (χ0n) is 14.5. The first-order chi connectivity index (χ1) is 11.8. The Hall–Kier alpha value is -1.84. The third-order valence-electron chi connectivity index (χ3n) is 5.16. The monoisotopic (exact) mass is 324 g/mol. The van der Waals surface area contributed by atoms with Crippen LogP contribution in [0.5, 0.6) is 5.75 Å². The predicted molar refractivity (Wildman–Crippen MR) is 99.2 cm³/mol. The van der Waals surface area contributed by atoms with Crippen LogP contribution in [0, 0.1) is 5.92 Å². The van der Waals surface area contributed by atoms with E-state index >= 15 is 0 Å². The van der Waals surface area contributed by atoms with Crippen molar-refractivity contribution in [2.45, 2.75) is 25.3 Å². The van der Waals surface area contributed by atoms with E-state index in [2.05, 4.69) is 53.4 Å². The number of hydrogen-bond donors (Lipinski definition) is 1. The Labute approximate surface area is 145 Å². The lowest BCUT2D eigenvalue weighted by Gasteiger charge is -2.37. The quantitative estimate of drug-likeness (QED) is 0.881. The second-order valence-corrected chi connectivity index (χ2v) is 6.70. The standard InChI is InChI=1S/C21H28N2O/c1-24-20-9-5-8-19(15-20)21(16-22)23-12-10-18(11-13-23)14-17-6-3-2-4-7-17/h2-9,15,18,21H,10-14,16,22H2,1H3. The van der Waals surface area contributed by atoms with E-state index in [1.54, 1.807) is 7.11 Å². The molecule has 1 atom stereocenters. The first kappa shape index (κ1) is 17.0. The number of likely N-dealkylation sites (tertiary alicyclic amines) is 1. The zero-order chi connectivity index (χ0) is 16.8. The van der Waals surface area contributed by atoms with Crippen LogP contribution in [0.3, 0.4) is 0 Å². The number of nitrogens with two attached hydrogens (primary N) is 1. The summed E-state index contributed by atoms with van der Waals surface area (Å²) in [5.74, 6) is 1.69. The van der Waals surface area contributed by atoms with Gasteiger partial charge in [0, 0.05) is 12.6 Å². The summed E-state index contributed by atoms with van der Waals surface area (Å²) in [5.41, 5.74) is 8.82. The van der Waals surface area contributed by atoms with Crippen molar-refractivity contribution in [2.75, 3.05) is 26.7 Å². The molecular weight excluding hydrogens is 296 g/mol. The highest BCUT2D eigenvalue weighted by Crippen LogP contribution is 2.29. The molecule has 0 spiro atoms. The molecule has 3 rings (SSSR count). The summed E-state index contributed by atoms with van der Waals surface area (Å²) in [5, 5.41) is 0. The van der Waals surface area contributed by atoms with E-state index in [0.29, 0.717) is 6.54 Å². The fourth-order valence-electron chi connectivity index (χ4n) is 3.76. The van der Waals surface area contributed by atoms with Crippen LogP contribution in [0.4, 0.5) is 0 Å². The van der Waals surface area contributed by atoms with Gasteiger partial charge in [0.05, 0.1) is 7.11 Å². The first-order valence-electron chi connectivity index (χ1n) is 8.92. The van der Waals surface area contributed by atoms with Crippen LogP contribution in [0.2, 0.25) is 0 Å². The molecule has 0 aliphatic carbocycles. The predicted octanol–water partition coefficient (Wildman–Crippen LogP) is 3.65. The Morgan fingerprint density at radius 2 is 1.83 bits per heavy atom. The fourth-order valence-corrected chi connectivity index (χ4v) is 3.76. The summed E-state index contributed by atoms with van der Waals surface area (Å²) in [6, 6.07) is 19.5. The molecule has 2 aromatic rings. The summed E-state index contributed by atoms with van der Waals surface area (Å²) in [6.45, 7) is 2.89. The van der Waals surface area contributed by atoms with Gasteiger partial charge in [-0.05, 0) is 61.5 Å². The Balaban J connectivity index is 1.60. The van der Waals surface area contributed by atoms with Crippen LogP contribution in [-0.4, -0.2) is 31.6 Å². The lowest BCUT2D eigenvalue weighted by molar-refractivity contribution is 0.135. The fraction of sp³-hybridized carbons (Fsp3) is 0.429. The summed E-state index contributed by atoms with van der Waals surface area (Å²) in [7, 11) is 1.71. The van der Waals surface area contributed by atoms with Crippen molar-refractivity contribution in [1.29, 1.82) is 0 Å². The van der Waals surface area contributed by atoms with Crippen molar-refractivity contribution in [3.05, 3.63) is 65.7 Å². The summed E-state index contributed by atoms with van der Waals surface area (Å²) in [6.07, 6.45) is 3.69. The van der Waals surface area contributed by atoms with Crippen molar-refractivity contribution < 1.29 is 4.74 Å². The van der Waals surface area contributed by atoms with E-state index in [1.165, 1.54) is 30.4 Å². The van der Waals surface area contributed by atoms with Gasteiger partial charge in [-0.3, -0.25) is 4.90 Å². The molecule has 0 amide bonds. The lowest BCUT2D eigenvalue weighted by atomic mass is 9.89. The van der Waals surface area contributed by atoms with Crippen molar-refractivity contribution >= 4 is 0 Å². The number of ether oxygens (including phenoxy) is 1. The molecule has 0 aromatic heterocycles. The second-order valence-electron chi connectivity index (χ2n) is 6.70. The molecule has 128 valence electrons. The van der Waals surface area contributed by atoms with Gasteiger partial charge in [-0.25, -0.2) is 0 Å². The Morgan fingerprint density at radius 1 is 1.08 bits per heavy atom. The van der Waals surface area contributed by atoms with Gasteiger partial charge in [0.1, 0.15) is 5.75 Å². The van der Waals surface area contributed by atoms with Gasteiger partial charge in [0.25, 0.3) is 0 Å². The number of rotatable bonds is 6. The third-order valence-corrected chi connectivity index (χ3v) is 5.16. The summed E-state index contributed by atoms with van der Waals surface area (Å²) < 4.78 is 5.36. The number of methoxy groups -OCH3 is 1. The average Bonchev–Trinajstić information content (AvgIpc) is 2.65. The van der Waals surface area contributed by atoms with Gasteiger partial charge in [0.2, 0.25) is 0 Å². The maximum atomic E-state index is 6.10. The van der Waals surface area contributed by atoms with Crippen molar-refractivity contribution in [2.24, 2.45) is 11.7 Å². The molecule has 1 aliphatic heterocycles. The van der Waals surface area contributed by atoms with Gasteiger partial charge >= 0.3 is 0 Å². The Kier molecular flexibility index (Phi) is 5.89. The van der Waals surface area contributed by atoms with Crippen LogP contribution in [0.1, 0.15) is 30.0 Å². The maximum absolute atomic E-state index is 6.10. The Bertz CT molecular complexity index is 621. The number of hydrogen-bond acceptors (Lipinski definition) is 3. The summed E-state index contributed by atoms with van der Waals surface area (Å²) >= 11 is 0. The van der Waals surface area contributed by atoms with Crippen LogP contribution in [0.25, 0.3) is 0 Å². The van der Waals surface area contributed by atoms with E-state index < -0.39 is 0 Å². The smallest absolute Gasteiger partial charge is 0.119 e. The molecule has 3 heteroatoms. The van der Waals surface area contributed by atoms with Crippen LogP contribution < -0.4 is 10.5 Å². The molecule has 3 nitrogen and oxygen atoms in total. The molecule has 1 aliphatic rings. The molecular formula is C21H28N2O. The molecule has 0 bridgehead atoms. The van der Waals surface area contributed by atoms with Crippen LogP contribution in [0.15, 0.2) is 54.6 Å². The van der Waals surface area contributed by atoms with Gasteiger partial charge in [0.15, 0.2) is 0 Å². The molecule has 1 heterocycles. The largest absolute Gasteiger partial charge is 0.497 e. The van der Waals surface area contributed by atoms with Gasteiger partial charge in [-0.1, -0.05) is 42.5 Å². The van der Waals surface area contributed by atoms with E-state index in [0.717, 1.165) is 24.8 Å². The minimum absolute atomic E-state index is 0.290. The van der Waals surface area contributed by atoms with E-state index in [9.17, 15) is 0 Å². The van der Waals surface area contributed by atoms with Crippen LogP contribution >= 0.6 is 0 Å². The average molecular weight is 324 g/mol. The van der Waals surface area contributed by atoms with E-state index in [4.69, 9.17) is 10.5 Å². The molecule has 24 heavy (non-hydrogen) atoms. The van der Waals surface area contributed by atoms with Gasteiger partial charge in [-0.2, -0.15) is 0 Å². The SMILES string of the molecule is COc1cccc(C(CN)N2CCC(Cc3ccccc3)CC2)c1. The normalized spacial score (nSPS) is 17.6. The molecule has 2 aromatic carbocycles. The van der Waals surface area contributed by atoms with E-state index in [-0.39, 0.29) is 6.04 Å². The second kappa shape index (κ2) is 8.32. The molecule has 1 saturated heterocycles. The van der Waals surface area contributed by atoms with E-state index in [1.807, 2.05) is 6.07 Å². The van der Waals surface area contributed by atoms with Gasteiger partial charge in [-0.15, -0.1) is 0 Å². The molecule has 2 N–H and O–H groups in total. The number of nitrogens with zero attached hydrogens (tertiary/aromatic N) is 1. The molecule has 0 radical (unpaired) electrons. The minimum Gasteiger partial charge on any atom is -0.497 e. The number of piperidine rings is 1. The molecule has 1 fully saturated rings. The summed E-state index contributed by atoms with van der Waals surface area (Å²) in [4.78, 5) is 2.54. The molecule has 0 saturated carbocycles. The minimum atomic E-state index is 0.290. The van der Waals surface area contributed by atoms with Crippen molar-refractivity contribution in [3.8, 4) is 5.75 Å². The topological polar surface area (TPSA) is 38.5 Å². The van der Waals surface area contributed by atoms with Crippen molar-refractivity contribution in [1.82, 2.24) is 4.90 Å². The lowest BCUT2D eigenvalue weighted by Crippen LogP contribution is -2.40. The Morgan fingerprint density at radius 3 is 2.50 bits per heavy atom. The first-order valence-corrected chi connectivity index (χ1v) is 8.92. The van der Waals surface area contributed by atoms with Gasteiger partial charge < -0.3 is 10.5 Å². The maximum Gasteiger partial charge on any atom is 0.119 e.